The molecule has 1 heterocycles. The fourth-order valence-electron chi connectivity index (χ4n) is 1.77. The van der Waals surface area contributed by atoms with Crippen LogP contribution in [0.2, 0.25) is 0 Å². The maximum Gasteiger partial charge on any atom is 0.283 e. The van der Waals surface area contributed by atoms with Crippen LogP contribution in [-0.2, 0) is 6.54 Å². The second kappa shape index (κ2) is 9.45. The molecule has 6 heteroatoms. The third-order valence-electron chi connectivity index (χ3n) is 3.01. The summed E-state index contributed by atoms with van der Waals surface area (Å²) >= 11 is 5.32. The standard InChI is InChI=1S/C14H24BrN3OS/c1-4-6-8-18-14(19)13(15)12(10-16-18)17-11(3)7-9-20-5-2/h10-11,17H,4-9H2,1-3H3. The third-order valence-corrected chi connectivity index (χ3v) is 4.71. The molecule has 1 unspecified atom stereocenters. The lowest BCUT2D eigenvalue weighted by Gasteiger charge is -2.16. The molecule has 1 aromatic heterocycles. The first kappa shape index (κ1) is 17.6. The summed E-state index contributed by atoms with van der Waals surface area (Å²) in [6.45, 7) is 7.08. The van der Waals surface area contributed by atoms with Crippen LogP contribution < -0.4 is 10.9 Å². The minimum atomic E-state index is -0.0569. The van der Waals surface area contributed by atoms with Crippen molar-refractivity contribution in [1.29, 1.82) is 0 Å². The lowest BCUT2D eigenvalue weighted by Crippen LogP contribution is -2.26. The van der Waals surface area contributed by atoms with Crippen LogP contribution in [0.3, 0.4) is 0 Å². The Kier molecular flexibility index (Phi) is 8.30. The molecule has 114 valence electrons. The van der Waals surface area contributed by atoms with E-state index in [4.69, 9.17) is 0 Å². The molecule has 0 aliphatic heterocycles. The SMILES string of the molecule is CCCCn1ncc(NC(C)CCSCC)c(Br)c1=O. The van der Waals surface area contributed by atoms with E-state index in [1.165, 1.54) is 4.68 Å². The van der Waals surface area contributed by atoms with Gasteiger partial charge in [-0.15, -0.1) is 0 Å². The Morgan fingerprint density at radius 2 is 2.25 bits per heavy atom. The molecule has 1 aromatic rings. The van der Waals surface area contributed by atoms with Gasteiger partial charge in [0.05, 0.1) is 11.9 Å². The van der Waals surface area contributed by atoms with Crippen molar-refractivity contribution in [3.8, 4) is 0 Å². The molecule has 1 rings (SSSR count). The van der Waals surface area contributed by atoms with Crippen molar-refractivity contribution in [2.24, 2.45) is 0 Å². The predicted octanol–water partition coefficient (Wildman–Crippen LogP) is 3.75. The second-order valence-corrected chi connectivity index (χ2v) is 6.97. The van der Waals surface area contributed by atoms with Crippen LogP contribution in [0.5, 0.6) is 0 Å². The molecule has 4 nitrogen and oxygen atoms in total. The molecular formula is C14H24BrN3OS. The normalized spacial score (nSPS) is 12.4. The molecule has 0 aliphatic rings. The smallest absolute Gasteiger partial charge is 0.283 e. The van der Waals surface area contributed by atoms with E-state index in [1.54, 1.807) is 6.20 Å². The van der Waals surface area contributed by atoms with Gasteiger partial charge in [-0.05, 0) is 47.2 Å². The number of nitrogens with zero attached hydrogens (tertiary/aromatic N) is 2. The van der Waals surface area contributed by atoms with Gasteiger partial charge in [-0.3, -0.25) is 4.79 Å². The van der Waals surface area contributed by atoms with E-state index in [2.05, 4.69) is 47.1 Å². The Bertz CT molecular complexity index is 464. The fraction of sp³-hybridized carbons (Fsp3) is 0.714. The van der Waals surface area contributed by atoms with Gasteiger partial charge >= 0.3 is 0 Å². The maximum absolute atomic E-state index is 12.1. The van der Waals surface area contributed by atoms with E-state index in [9.17, 15) is 4.79 Å². The van der Waals surface area contributed by atoms with E-state index in [1.807, 2.05) is 11.8 Å². The average Bonchev–Trinajstić information content (AvgIpc) is 2.43. The van der Waals surface area contributed by atoms with Gasteiger partial charge in [0.1, 0.15) is 4.47 Å². The van der Waals surface area contributed by atoms with Crippen LogP contribution in [0.4, 0.5) is 5.69 Å². The highest BCUT2D eigenvalue weighted by Gasteiger charge is 2.10. The number of anilines is 1. The van der Waals surface area contributed by atoms with Crippen molar-refractivity contribution < 1.29 is 0 Å². The lowest BCUT2D eigenvalue weighted by atomic mass is 10.2. The van der Waals surface area contributed by atoms with Gasteiger partial charge in [-0.2, -0.15) is 16.9 Å². The third kappa shape index (κ3) is 5.48. The van der Waals surface area contributed by atoms with Crippen molar-refractivity contribution in [1.82, 2.24) is 9.78 Å². The summed E-state index contributed by atoms with van der Waals surface area (Å²) in [5, 5.41) is 7.59. The van der Waals surface area contributed by atoms with Crippen molar-refractivity contribution in [3.63, 3.8) is 0 Å². The topological polar surface area (TPSA) is 46.9 Å². The van der Waals surface area contributed by atoms with E-state index >= 15 is 0 Å². The number of aryl methyl sites for hydroxylation is 1. The van der Waals surface area contributed by atoms with E-state index in [-0.39, 0.29) is 5.56 Å². The second-order valence-electron chi connectivity index (χ2n) is 4.79. The maximum atomic E-state index is 12.1. The van der Waals surface area contributed by atoms with Crippen molar-refractivity contribution in [3.05, 3.63) is 21.0 Å². The number of aromatic nitrogens is 2. The van der Waals surface area contributed by atoms with E-state index < -0.39 is 0 Å². The fourth-order valence-corrected chi connectivity index (χ4v) is 3.01. The molecule has 0 fully saturated rings. The Balaban J connectivity index is 2.67. The Morgan fingerprint density at radius 3 is 2.90 bits per heavy atom. The number of rotatable bonds is 9. The number of halogens is 1. The largest absolute Gasteiger partial charge is 0.380 e. The first-order valence-corrected chi connectivity index (χ1v) is 9.14. The molecule has 0 aliphatic carbocycles. The van der Waals surface area contributed by atoms with Gasteiger partial charge < -0.3 is 5.32 Å². The van der Waals surface area contributed by atoms with Crippen molar-refractivity contribution in [2.45, 2.75) is 52.6 Å². The number of hydrogen-bond acceptors (Lipinski definition) is 4. The zero-order valence-electron chi connectivity index (χ0n) is 12.5. The minimum Gasteiger partial charge on any atom is -0.380 e. The highest BCUT2D eigenvalue weighted by atomic mass is 79.9. The average molecular weight is 362 g/mol. The van der Waals surface area contributed by atoms with Gasteiger partial charge in [0.25, 0.3) is 5.56 Å². The number of unbranched alkanes of at least 4 members (excludes halogenated alkanes) is 1. The number of thioether (sulfide) groups is 1. The summed E-state index contributed by atoms with van der Waals surface area (Å²) in [5.74, 6) is 2.27. The minimum absolute atomic E-state index is 0.0569. The molecule has 0 bridgehead atoms. The van der Waals surface area contributed by atoms with Crippen molar-refractivity contribution >= 4 is 33.4 Å². The number of nitrogens with one attached hydrogen (secondary N) is 1. The molecule has 1 atom stereocenters. The summed E-state index contributed by atoms with van der Waals surface area (Å²) in [5.41, 5.74) is 0.732. The zero-order chi connectivity index (χ0) is 15.0. The first-order chi connectivity index (χ1) is 9.60. The van der Waals surface area contributed by atoms with Crippen molar-refractivity contribution in [2.75, 3.05) is 16.8 Å². The molecule has 0 aromatic carbocycles. The molecule has 1 N–H and O–H groups in total. The molecule has 0 amide bonds. The Hall–Kier alpha value is -0.490. The highest BCUT2D eigenvalue weighted by Crippen LogP contribution is 2.18. The molecule has 0 radical (unpaired) electrons. The van der Waals surface area contributed by atoms with E-state index in [0.29, 0.717) is 17.1 Å². The molecule has 0 saturated heterocycles. The van der Waals surface area contributed by atoms with Crippen LogP contribution in [0.25, 0.3) is 0 Å². The first-order valence-electron chi connectivity index (χ1n) is 7.20. The van der Waals surface area contributed by atoms with Gasteiger partial charge in [-0.25, -0.2) is 4.68 Å². The van der Waals surface area contributed by atoms with Crippen LogP contribution in [0.15, 0.2) is 15.5 Å². The highest BCUT2D eigenvalue weighted by molar-refractivity contribution is 9.10. The lowest BCUT2D eigenvalue weighted by molar-refractivity contribution is 0.540. The van der Waals surface area contributed by atoms with Crippen LogP contribution in [-0.4, -0.2) is 27.3 Å². The van der Waals surface area contributed by atoms with Gasteiger partial charge in [0.2, 0.25) is 0 Å². The van der Waals surface area contributed by atoms with E-state index in [0.717, 1.165) is 36.5 Å². The summed E-state index contributed by atoms with van der Waals surface area (Å²) in [6.07, 6.45) is 4.84. The van der Waals surface area contributed by atoms with Gasteiger partial charge in [-0.1, -0.05) is 20.3 Å². The Morgan fingerprint density at radius 1 is 1.50 bits per heavy atom. The Labute approximate surface area is 133 Å². The number of hydrogen-bond donors (Lipinski definition) is 1. The summed E-state index contributed by atoms with van der Waals surface area (Å²) in [7, 11) is 0. The molecular weight excluding hydrogens is 338 g/mol. The predicted molar refractivity (Wildman–Crippen MR) is 91.8 cm³/mol. The summed E-state index contributed by atoms with van der Waals surface area (Å²) in [4.78, 5) is 12.1. The van der Waals surface area contributed by atoms with Crippen LogP contribution in [0, 0.1) is 0 Å². The molecule has 0 saturated carbocycles. The van der Waals surface area contributed by atoms with Gasteiger partial charge in [0.15, 0.2) is 0 Å². The zero-order valence-corrected chi connectivity index (χ0v) is 14.9. The van der Waals surface area contributed by atoms with Crippen LogP contribution >= 0.6 is 27.7 Å². The summed E-state index contributed by atoms with van der Waals surface area (Å²) in [6, 6.07) is 0.332. The summed E-state index contributed by atoms with van der Waals surface area (Å²) < 4.78 is 2.11. The molecule has 0 spiro atoms. The monoisotopic (exact) mass is 361 g/mol. The molecule has 20 heavy (non-hydrogen) atoms. The van der Waals surface area contributed by atoms with Gasteiger partial charge in [0, 0.05) is 12.6 Å². The van der Waals surface area contributed by atoms with Crippen LogP contribution in [0.1, 0.15) is 40.0 Å². The quantitative estimate of drug-likeness (QED) is 0.680.